The van der Waals surface area contributed by atoms with Crippen molar-refractivity contribution in [2.75, 3.05) is 33.3 Å². The van der Waals surface area contributed by atoms with Crippen molar-refractivity contribution in [2.24, 2.45) is 5.41 Å². The van der Waals surface area contributed by atoms with Crippen LogP contribution in [0.15, 0.2) is 5.51 Å². The van der Waals surface area contributed by atoms with E-state index in [2.05, 4.69) is 10.3 Å². The van der Waals surface area contributed by atoms with E-state index in [0.29, 0.717) is 12.0 Å². The monoisotopic (exact) mass is 281 g/mol. The van der Waals surface area contributed by atoms with Crippen molar-refractivity contribution in [3.05, 3.63) is 16.1 Å². The summed E-state index contributed by atoms with van der Waals surface area (Å²) >= 11 is 1.42. The number of ether oxygens (including phenoxy) is 1. The lowest BCUT2D eigenvalue weighted by Gasteiger charge is -2.22. The summed E-state index contributed by atoms with van der Waals surface area (Å²) in [5.41, 5.74) is 2.81. The number of thiazole rings is 1. The molecular weight excluding hydrogens is 262 g/mol. The molecule has 1 atom stereocenters. The van der Waals surface area contributed by atoms with Gasteiger partial charge in [0.05, 0.1) is 17.8 Å². The van der Waals surface area contributed by atoms with Crippen LogP contribution in [0, 0.1) is 5.41 Å². The highest BCUT2D eigenvalue weighted by Gasteiger charge is 2.42. The van der Waals surface area contributed by atoms with Gasteiger partial charge >= 0.3 is 0 Å². The molecule has 2 aliphatic rings. The summed E-state index contributed by atoms with van der Waals surface area (Å²) in [6.45, 7) is 4.28. The van der Waals surface area contributed by atoms with E-state index in [-0.39, 0.29) is 5.91 Å². The number of nitrogens with zero attached hydrogens (tertiary/aromatic N) is 2. The van der Waals surface area contributed by atoms with Gasteiger partial charge in [0.15, 0.2) is 0 Å². The maximum atomic E-state index is 12.6. The van der Waals surface area contributed by atoms with Gasteiger partial charge < -0.3 is 15.0 Å². The molecule has 1 aromatic heterocycles. The Kier molecular flexibility index (Phi) is 3.56. The molecule has 1 aromatic rings. The fraction of sp³-hybridized carbons (Fsp3) is 0.692. The summed E-state index contributed by atoms with van der Waals surface area (Å²) in [5, 5.41) is 3.41. The lowest BCUT2D eigenvalue weighted by molar-refractivity contribution is 0.0775. The van der Waals surface area contributed by atoms with Gasteiger partial charge in [0.1, 0.15) is 4.88 Å². The Morgan fingerprint density at radius 3 is 3.26 bits per heavy atom. The van der Waals surface area contributed by atoms with Crippen LogP contribution in [0.2, 0.25) is 0 Å². The number of carbonyl (C=O) groups is 1. The van der Waals surface area contributed by atoms with E-state index < -0.39 is 0 Å². The summed E-state index contributed by atoms with van der Waals surface area (Å²) in [7, 11) is 1.63. The molecule has 1 spiro atoms. The third-order valence-corrected chi connectivity index (χ3v) is 5.03. The van der Waals surface area contributed by atoms with Crippen molar-refractivity contribution in [1.82, 2.24) is 15.2 Å². The second-order valence-electron chi connectivity index (χ2n) is 5.46. The number of nitrogens with one attached hydrogen (secondary N) is 1. The lowest BCUT2D eigenvalue weighted by atomic mass is 9.87. The molecule has 6 heteroatoms. The van der Waals surface area contributed by atoms with Gasteiger partial charge in [-0.15, -0.1) is 11.3 Å². The molecule has 0 saturated carbocycles. The fourth-order valence-corrected chi connectivity index (χ4v) is 3.84. The number of aromatic nitrogens is 1. The number of amides is 1. The molecule has 0 radical (unpaired) electrons. The first-order chi connectivity index (χ1) is 9.24. The molecule has 1 unspecified atom stereocenters. The average Bonchev–Trinajstić information content (AvgIpc) is 3.13. The summed E-state index contributed by atoms with van der Waals surface area (Å²) < 4.78 is 5.10. The highest BCUT2D eigenvalue weighted by molar-refractivity contribution is 7.11. The highest BCUT2D eigenvalue weighted by Crippen LogP contribution is 2.37. The van der Waals surface area contributed by atoms with Crippen LogP contribution in [0.1, 0.15) is 28.2 Å². The zero-order valence-electron chi connectivity index (χ0n) is 11.1. The van der Waals surface area contributed by atoms with Gasteiger partial charge in [-0.1, -0.05) is 0 Å². The molecule has 3 heterocycles. The number of hydrogen-bond donors (Lipinski definition) is 1. The third kappa shape index (κ3) is 2.40. The normalized spacial score (nSPS) is 26.5. The molecule has 2 saturated heterocycles. The first-order valence-electron chi connectivity index (χ1n) is 6.65. The number of rotatable bonds is 3. The van der Waals surface area contributed by atoms with Gasteiger partial charge in [0, 0.05) is 32.2 Å². The Balaban J connectivity index is 1.72. The average molecular weight is 281 g/mol. The molecular formula is C13H19N3O2S. The van der Waals surface area contributed by atoms with Crippen molar-refractivity contribution < 1.29 is 9.53 Å². The van der Waals surface area contributed by atoms with Crippen LogP contribution in [0.5, 0.6) is 0 Å². The van der Waals surface area contributed by atoms with Crippen LogP contribution >= 0.6 is 11.3 Å². The minimum atomic E-state index is 0.123. The van der Waals surface area contributed by atoms with Crippen molar-refractivity contribution >= 4 is 17.2 Å². The molecule has 1 N–H and O–H groups in total. The quantitative estimate of drug-likeness (QED) is 0.902. The molecule has 0 aliphatic carbocycles. The summed E-state index contributed by atoms with van der Waals surface area (Å²) in [5.74, 6) is 0.123. The predicted octanol–water partition coefficient (Wildman–Crippen LogP) is 1.12. The smallest absolute Gasteiger partial charge is 0.265 e. The number of likely N-dealkylation sites (tertiary alicyclic amines) is 1. The van der Waals surface area contributed by atoms with Crippen LogP contribution in [0.25, 0.3) is 0 Å². The second kappa shape index (κ2) is 5.19. The Morgan fingerprint density at radius 1 is 1.63 bits per heavy atom. The second-order valence-corrected chi connectivity index (χ2v) is 6.32. The van der Waals surface area contributed by atoms with E-state index in [1.54, 1.807) is 12.6 Å². The van der Waals surface area contributed by atoms with E-state index in [9.17, 15) is 4.79 Å². The van der Waals surface area contributed by atoms with Crippen molar-refractivity contribution in [2.45, 2.75) is 19.4 Å². The topological polar surface area (TPSA) is 54.5 Å². The van der Waals surface area contributed by atoms with Crippen LogP contribution in [-0.2, 0) is 11.3 Å². The summed E-state index contributed by atoms with van der Waals surface area (Å²) in [4.78, 5) is 19.5. The van der Waals surface area contributed by atoms with E-state index in [1.807, 2.05) is 4.90 Å². The molecule has 0 aromatic carbocycles. The fourth-order valence-electron chi connectivity index (χ4n) is 3.08. The van der Waals surface area contributed by atoms with E-state index >= 15 is 0 Å². The van der Waals surface area contributed by atoms with Crippen molar-refractivity contribution in [3.8, 4) is 0 Å². The Bertz CT molecular complexity index is 468. The SMILES string of the molecule is COCc1ncsc1C(=O)N1CCC2(CCNC2)C1. The van der Waals surface area contributed by atoms with Crippen molar-refractivity contribution in [3.63, 3.8) is 0 Å². The van der Waals surface area contributed by atoms with Gasteiger partial charge in [-0.3, -0.25) is 4.79 Å². The van der Waals surface area contributed by atoms with Crippen molar-refractivity contribution in [1.29, 1.82) is 0 Å². The first kappa shape index (κ1) is 13.0. The maximum Gasteiger partial charge on any atom is 0.265 e. The molecule has 5 nitrogen and oxygen atoms in total. The van der Waals surface area contributed by atoms with Gasteiger partial charge in [-0.2, -0.15) is 0 Å². The van der Waals surface area contributed by atoms with E-state index in [1.165, 1.54) is 17.8 Å². The molecule has 104 valence electrons. The predicted molar refractivity (Wildman–Crippen MR) is 73.3 cm³/mol. The van der Waals surface area contributed by atoms with E-state index in [0.717, 1.165) is 43.2 Å². The lowest BCUT2D eigenvalue weighted by Crippen LogP contribution is -2.33. The summed E-state index contributed by atoms with van der Waals surface area (Å²) in [6, 6.07) is 0. The molecule has 2 aliphatic heterocycles. The summed E-state index contributed by atoms with van der Waals surface area (Å²) in [6.07, 6.45) is 2.30. The molecule has 0 bridgehead atoms. The van der Waals surface area contributed by atoms with Gasteiger partial charge in [0.2, 0.25) is 0 Å². The van der Waals surface area contributed by atoms with Crippen LogP contribution in [0.3, 0.4) is 0 Å². The molecule has 19 heavy (non-hydrogen) atoms. The molecule has 1 amide bonds. The van der Waals surface area contributed by atoms with Gasteiger partial charge in [-0.25, -0.2) is 4.98 Å². The Labute approximate surface area is 117 Å². The Hall–Kier alpha value is -0.980. The van der Waals surface area contributed by atoms with Crippen LogP contribution in [-0.4, -0.2) is 49.1 Å². The minimum Gasteiger partial charge on any atom is -0.378 e. The molecule has 2 fully saturated rings. The Morgan fingerprint density at radius 2 is 2.53 bits per heavy atom. The van der Waals surface area contributed by atoms with Crippen LogP contribution in [0.4, 0.5) is 0 Å². The zero-order chi connectivity index (χ0) is 13.3. The third-order valence-electron chi connectivity index (χ3n) is 4.17. The van der Waals surface area contributed by atoms with Gasteiger partial charge in [-0.05, 0) is 19.4 Å². The number of hydrogen-bond acceptors (Lipinski definition) is 5. The molecule has 3 rings (SSSR count). The highest BCUT2D eigenvalue weighted by atomic mass is 32.1. The standard InChI is InChI=1S/C13H19N3O2S/c1-18-6-10-11(19-9-15-10)12(17)16-5-3-13(8-16)2-4-14-7-13/h9,14H,2-8H2,1H3. The van der Waals surface area contributed by atoms with Crippen LogP contribution < -0.4 is 5.32 Å². The number of carbonyl (C=O) groups excluding carboxylic acids is 1. The number of methoxy groups -OCH3 is 1. The maximum absolute atomic E-state index is 12.6. The first-order valence-corrected chi connectivity index (χ1v) is 7.53. The minimum absolute atomic E-state index is 0.123. The van der Waals surface area contributed by atoms with E-state index in [4.69, 9.17) is 4.74 Å². The zero-order valence-corrected chi connectivity index (χ0v) is 12.0. The van der Waals surface area contributed by atoms with Gasteiger partial charge in [0.25, 0.3) is 5.91 Å². The largest absolute Gasteiger partial charge is 0.378 e.